The predicted molar refractivity (Wildman–Crippen MR) is 76.0 cm³/mol. The molecular weight excluding hydrogens is 278 g/mol. The number of amides is 1. The predicted octanol–water partition coefficient (Wildman–Crippen LogP) is 0.676. The molecule has 0 heterocycles. The molecule has 21 heavy (non-hydrogen) atoms. The normalized spacial score (nSPS) is 8.71. The van der Waals surface area contributed by atoms with Gasteiger partial charge in [-0.05, 0) is 20.8 Å². The minimum absolute atomic E-state index is 0.0324. The Bertz CT molecular complexity index is 427. The van der Waals surface area contributed by atoms with Crippen LogP contribution >= 0.6 is 0 Å². The Balaban J connectivity index is 0. The van der Waals surface area contributed by atoms with E-state index in [2.05, 4.69) is 22.6 Å². The highest BCUT2D eigenvalue weighted by molar-refractivity contribution is 5.94. The molecule has 0 saturated carbocycles. The second kappa shape index (κ2) is 11.4. The van der Waals surface area contributed by atoms with Crippen molar-refractivity contribution < 1.29 is 28.7 Å². The summed E-state index contributed by atoms with van der Waals surface area (Å²) in [5.41, 5.74) is 5.38. The van der Waals surface area contributed by atoms with Crippen molar-refractivity contribution in [1.29, 1.82) is 0 Å². The molecule has 0 aromatic carbocycles. The number of carbonyl (C=O) groups is 4. The lowest BCUT2D eigenvalue weighted by Gasteiger charge is -2.05. The zero-order chi connectivity index (χ0) is 17.0. The highest BCUT2D eigenvalue weighted by Gasteiger charge is 2.07. The Morgan fingerprint density at radius 2 is 1.33 bits per heavy atom. The molecule has 0 aliphatic rings. The van der Waals surface area contributed by atoms with E-state index in [0.717, 1.165) is 0 Å². The first kappa shape index (κ1) is 20.9. The van der Waals surface area contributed by atoms with Crippen LogP contribution in [-0.4, -0.2) is 36.8 Å². The van der Waals surface area contributed by atoms with Gasteiger partial charge in [0, 0.05) is 11.1 Å². The minimum atomic E-state index is -0.617. The molecule has 0 radical (unpaired) electrons. The molecule has 0 fully saturated rings. The molecule has 7 heteroatoms. The van der Waals surface area contributed by atoms with Gasteiger partial charge in [0.15, 0.2) is 0 Å². The van der Waals surface area contributed by atoms with E-state index in [-0.39, 0.29) is 31.0 Å². The van der Waals surface area contributed by atoms with Crippen LogP contribution in [0.2, 0.25) is 0 Å². The monoisotopic (exact) mass is 299 g/mol. The van der Waals surface area contributed by atoms with Crippen LogP contribution in [0.4, 0.5) is 0 Å². The largest absolute Gasteiger partial charge is 0.462 e. The second-order valence-electron chi connectivity index (χ2n) is 4.16. The lowest BCUT2D eigenvalue weighted by Crippen LogP contribution is -2.15. The molecule has 2 N–H and O–H groups in total. The topological polar surface area (TPSA) is 113 Å². The number of esters is 2. The number of carbonyl (C=O) groups excluding carboxylic acids is 4. The summed E-state index contributed by atoms with van der Waals surface area (Å²) in [5, 5.41) is 0. The SMILES string of the molecule is C=C(C)C(=O)OCCOC(=O)CC(C)=O.C=C(C)C(N)=O. The maximum Gasteiger partial charge on any atom is 0.333 e. The molecule has 0 aromatic heterocycles. The Labute approximate surface area is 123 Å². The zero-order valence-electron chi connectivity index (χ0n) is 12.6. The van der Waals surface area contributed by atoms with Crippen LogP contribution in [0.15, 0.2) is 24.3 Å². The van der Waals surface area contributed by atoms with Gasteiger partial charge in [0.2, 0.25) is 5.91 Å². The van der Waals surface area contributed by atoms with E-state index in [0.29, 0.717) is 5.57 Å². The third-order valence-electron chi connectivity index (χ3n) is 1.74. The Morgan fingerprint density at radius 1 is 0.905 bits per heavy atom. The van der Waals surface area contributed by atoms with Crippen molar-refractivity contribution in [3.63, 3.8) is 0 Å². The fourth-order valence-corrected chi connectivity index (χ4v) is 0.667. The zero-order valence-corrected chi connectivity index (χ0v) is 12.6. The first-order valence-corrected chi connectivity index (χ1v) is 6.00. The summed E-state index contributed by atoms with van der Waals surface area (Å²) in [6.45, 7) is 11.0. The van der Waals surface area contributed by atoms with Gasteiger partial charge in [-0.3, -0.25) is 14.4 Å². The van der Waals surface area contributed by atoms with E-state index in [1.54, 1.807) is 6.92 Å². The standard InChI is InChI=1S/C10H14O5.C4H7NO/c1-7(2)10(13)15-5-4-14-9(12)6-8(3)11;1-3(2)4(5)6/h1,4-6H2,2-3H3;1H2,2H3,(H2,5,6). The fourth-order valence-electron chi connectivity index (χ4n) is 0.667. The van der Waals surface area contributed by atoms with Crippen molar-refractivity contribution in [3.05, 3.63) is 24.3 Å². The van der Waals surface area contributed by atoms with E-state index in [1.807, 2.05) is 0 Å². The van der Waals surface area contributed by atoms with Gasteiger partial charge in [0.25, 0.3) is 0 Å². The molecular formula is C14H21NO6. The smallest absolute Gasteiger partial charge is 0.333 e. The molecule has 0 atom stereocenters. The molecule has 0 saturated heterocycles. The Kier molecular flexibility index (Phi) is 11.3. The average molecular weight is 299 g/mol. The first-order chi connectivity index (χ1) is 9.57. The van der Waals surface area contributed by atoms with Crippen molar-refractivity contribution in [2.24, 2.45) is 5.73 Å². The first-order valence-electron chi connectivity index (χ1n) is 6.00. The van der Waals surface area contributed by atoms with Gasteiger partial charge in [0.1, 0.15) is 25.4 Å². The van der Waals surface area contributed by atoms with Gasteiger partial charge in [-0.2, -0.15) is 0 Å². The molecule has 1 amide bonds. The summed E-state index contributed by atoms with van der Waals surface area (Å²) in [4.78, 5) is 42.0. The maximum absolute atomic E-state index is 10.8. The summed E-state index contributed by atoms with van der Waals surface area (Å²) < 4.78 is 9.27. The Morgan fingerprint density at radius 3 is 1.67 bits per heavy atom. The fraction of sp³-hybridized carbons (Fsp3) is 0.429. The van der Waals surface area contributed by atoms with Crippen LogP contribution in [0.5, 0.6) is 0 Å². The summed E-state index contributed by atoms with van der Waals surface area (Å²) in [6, 6.07) is 0. The number of ketones is 1. The number of hydrogen-bond donors (Lipinski definition) is 1. The molecule has 0 aliphatic carbocycles. The van der Waals surface area contributed by atoms with E-state index in [4.69, 9.17) is 5.73 Å². The minimum Gasteiger partial charge on any atom is -0.462 e. The lowest BCUT2D eigenvalue weighted by atomic mass is 10.3. The molecule has 0 rings (SSSR count). The van der Waals surface area contributed by atoms with Crippen molar-refractivity contribution in [2.75, 3.05) is 13.2 Å². The highest BCUT2D eigenvalue weighted by Crippen LogP contribution is 1.93. The third kappa shape index (κ3) is 15.5. The second-order valence-corrected chi connectivity index (χ2v) is 4.16. The average Bonchev–Trinajstić information content (AvgIpc) is 2.33. The molecule has 0 bridgehead atoms. The Hall–Kier alpha value is -2.44. The summed E-state index contributed by atoms with van der Waals surface area (Å²) in [6.07, 6.45) is -0.256. The highest BCUT2D eigenvalue weighted by atomic mass is 16.6. The van der Waals surface area contributed by atoms with Gasteiger partial charge in [-0.25, -0.2) is 4.79 Å². The van der Waals surface area contributed by atoms with Crippen LogP contribution in [0.25, 0.3) is 0 Å². The van der Waals surface area contributed by atoms with E-state index in [9.17, 15) is 19.2 Å². The summed E-state index contributed by atoms with van der Waals surface area (Å²) in [7, 11) is 0. The lowest BCUT2D eigenvalue weighted by molar-refractivity contribution is -0.151. The van der Waals surface area contributed by atoms with Gasteiger partial charge < -0.3 is 15.2 Å². The number of Topliss-reactive ketones (excluding diaryl/α,β-unsaturated/α-hetero) is 1. The van der Waals surface area contributed by atoms with Crippen molar-refractivity contribution >= 4 is 23.6 Å². The molecule has 118 valence electrons. The summed E-state index contributed by atoms with van der Waals surface area (Å²) >= 11 is 0. The molecule has 0 aliphatic heterocycles. The van der Waals surface area contributed by atoms with Gasteiger partial charge in [-0.1, -0.05) is 13.2 Å². The van der Waals surface area contributed by atoms with E-state index < -0.39 is 17.8 Å². The molecule has 0 spiro atoms. The number of nitrogens with two attached hydrogens (primary N) is 1. The van der Waals surface area contributed by atoms with Gasteiger partial charge in [-0.15, -0.1) is 0 Å². The number of rotatable bonds is 7. The van der Waals surface area contributed by atoms with Gasteiger partial charge in [0.05, 0.1) is 0 Å². The molecule has 0 unspecified atom stereocenters. The van der Waals surface area contributed by atoms with Crippen molar-refractivity contribution in [2.45, 2.75) is 27.2 Å². The molecule has 7 nitrogen and oxygen atoms in total. The van der Waals surface area contributed by atoms with Crippen molar-refractivity contribution in [1.82, 2.24) is 0 Å². The van der Waals surface area contributed by atoms with E-state index in [1.165, 1.54) is 13.8 Å². The molecule has 0 aromatic rings. The van der Waals surface area contributed by atoms with Crippen LogP contribution in [-0.2, 0) is 28.7 Å². The van der Waals surface area contributed by atoms with Gasteiger partial charge >= 0.3 is 11.9 Å². The van der Waals surface area contributed by atoms with E-state index >= 15 is 0 Å². The maximum atomic E-state index is 10.8. The number of hydrogen-bond acceptors (Lipinski definition) is 6. The quantitative estimate of drug-likeness (QED) is 0.320. The summed E-state index contributed by atoms with van der Waals surface area (Å²) in [5.74, 6) is -1.85. The van der Waals surface area contributed by atoms with Crippen LogP contribution in [0.1, 0.15) is 27.2 Å². The van der Waals surface area contributed by atoms with Crippen molar-refractivity contribution in [3.8, 4) is 0 Å². The number of primary amides is 1. The third-order valence-corrected chi connectivity index (χ3v) is 1.74. The van der Waals surface area contributed by atoms with Crippen LogP contribution < -0.4 is 5.73 Å². The van der Waals surface area contributed by atoms with Crippen LogP contribution in [0.3, 0.4) is 0 Å². The van der Waals surface area contributed by atoms with Crippen LogP contribution in [0, 0.1) is 0 Å². The number of ether oxygens (including phenoxy) is 2.